The molecule has 44 heavy (non-hydrogen) atoms. The number of rotatable bonds is 6. The highest BCUT2D eigenvalue weighted by Gasteiger charge is 2.59. The Kier molecular flexibility index (Phi) is 6.86. The highest BCUT2D eigenvalue weighted by Crippen LogP contribution is 2.57. The van der Waals surface area contributed by atoms with Crippen molar-refractivity contribution in [2.24, 2.45) is 0 Å². The van der Waals surface area contributed by atoms with Crippen LogP contribution in [0.15, 0.2) is 60.4 Å². The van der Waals surface area contributed by atoms with Crippen molar-refractivity contribution in [3.63, 3.8) is 0 Å². The van der Waals surface area contributed by atoms with Crippen LogP contribution in [0.4, 0.5) is 0 Å². The van der Waals surface area contributed by atoms with Crippen LogP contribution >= 0.6 is 11.8 Å². The standard InChI is InChI=1S/C32H25NO10S/c1-3-4-5-6-15-10-13-9-14-11-18(44-8-7-34)32(24(14)28(39)19(13)31(42)33-15)29(40)22-23(30(32)41)27(38)21-20(26(22)37)16(35)12-17(43-2)25(21)36/h3-6,9-10,12,18,34,39-41H,7-8,11H2,1-2H3,(H,33,42)/t18?,32-/m1/s1. The fraction of sp³-hybridized carbons (Fsp3) is 0.219. The minimum absolute atomic E-state index is 0.0808. The average Bonchev–Trinajstić information content (AvgIpc) is 3.44. The highest BCUT2D eigenvalue weighted by molar-refractivity contribution is 8.00. The van der Waals surface area contributed by atoms with Crippen molar-refractivity contribution in [1.29, 1.82) is 0 Å². The normalized spacial score (nSPS) is 19.3. The third-order valence-corrected chi connectivity index (χ3v) is 9.63. The zero-order valence-corrected chi connectivity index (χ0v) is 24.2. The summed E-state index contributed by atoms with van der Waals surface area (Å²) in [4.78, 5) is 69.5. The first-order chi connectivity index (χ1) is 21.0. The molecule has 0 aliphatic heterocycles. The number of aliphatic hydroxyl groups is 3. The van der Waals surface area contributed by atoms with Gasteiger partial charge in [0.2, 0.25) is 16.3 Å². The molecule has 2 atom stereocenters. The molecule has 11 nitrogen and oxygen atoms in total. The van der Waals surface area contributed by atoms with Crippen molar-refractivity contribution in [3.05, 3.63) is 125 Å². The van der Waals surface area contributed by atoms with Gasteiger partial charge in [0.1, 0.15) is 22.7 Å². The first-order valence-electron chi connectivity index (χ1n) is 13.5. The van der Waals surface area contributed by atoms with Gasteiger partial charge in [0, 0.05) is 28.3 Å². The van der Waals surface area contributed by atoms with Crippen LogP contribution in [0.5, 0.6) is 11.5 Å². The van der Waals surface area contributed by atoms with E-state index in [0.29, 0.717) is 16.6 Å². The molecule has 4 aliphatic carbocycles. The molecule has 0 saturated heterocycles. The Hall–Kier alpha value is -4.94. The van der Waals surface area contributed by atoms with E-state index in [4.69, 9.17) is 4.74 Å². The fourth-order valence-electron chi connectivity index (χ4n) is 6.54. The molecular formula is C32H25NO10S. The summed E-state index contributed by atoms with van der Waals surface area (Å²) in [7, 11) is 1.12. The van der Waals surface area contributed by atoms with Crippen LogP contribution in [0.1, 0.15) is 23.7 Å². The summed E-state index contributed by atoms with van der Waals surface area (Å²) < 4.78 is 4.92. The number of thioether (sulfide) groups is 1. The molecule has 2 aromatic rings. The number of hydrogen-bond donors (Lipinski definition) is 5. The number of aromatic hydroxyl groups is 1. The van der Waals surface area contributed by atoms with Crippen LogP contribution in [0.25, 0.3) is 28.4 Å². The molecule has 4 aliphatic rings. The van der Waals surface area contributed by atoms with Crippen molar-refractivity contribution in [3.8, 4) is 11.5 Å². The summed E-state index contributed by atoms with van der Waals surface area (Å²) in [5, 5.41) is 41.5. The number of benzene rings is 1. The number of pyridine rings is 1. The molecule has 12 heteroatoms. The second-order valence-electron chi connectivity index (χ2n) is 10.5. The van der Waals surface area contributed by atoms with E-state index in [1.807, 2.05) is 6.92 Å². The maximum atomic E-state index is 13.8. The van der Waals surface area contributed by atoms with Gasteiger partial charge < -0.3 is 30.1 Å². The molecule has 1 heterocycles. The molecule has 0 amide bonds. The summed E-state index contributed by atoms with van der Waals surface area (Å²) in [5.74, 6) is -2.55. The van der Waals surface area contributed by atoms with E-state index in [2.05, 4.69) is 4.98 Å². The van der Waals surface area contributed by atoms with Gasteiger partial charge in [-0.25, -0.2) is 0 Å². The number of ether oxygens (including phenoxy) is 1. The number of H-pyrrole nitrogens is 1. The second-order valence-corrected chi connectivity index (χ2v) is 11.8. The Morgan fingerprint density at radius 1 is 0.955 bits per heavy atom. The lowest BCUT2D eigenvalue weighted by Gasteiger charge is -2.33. The Morgan fingerprint density at radius 3 is 2.27 bits per heavy atom. The SMILES string of the molecule is CC=CC=Cc1cc2cc3c(c(O)c2c(=O)[nH]1)[C@@]1(C(O)=c2c(=O)c4c(=O)cc(OC)c(=O)c=4c(=O)c2=C1O)C(SCCO)C3. The molecule has 1 aromatic carbocycles. The van der Waals surface area contributed by atoms with E-state index >= 15 is 0 Å². The minimum atomic E-state index is -2.11. The number of fused-ring (bicyclic) bond motifs is 4. The van der Waals surface area contributed by atoms with Crippen molar-refractivity contribution in [2.75, 3.05) is 19.5 Å². The van der Waals surface area contributed by atoms with Gasteiger partial charge in [-0.15, -0.1) is 0 Å². The molecule has 1 unspecified atom stereocenters. The van der Waals surface area contributed by atoms with E-state index in [1.54, 1.807) is 36.4 Å². The highest BCUT2D eigenvalue weighted by atomic mass is 32.2. The number of aliphatic hydroxyl groups excluding tert-OH is 3. The second kappa shape index (κ2) is 10.4. The lowest BCUT2D eigenvalue weighted by atomic mass is 9.78. The van der Waals surface area contributed by atoms with Gasteiger partial charge in [0.25, 0.3) is 5.56 Å². The molecule has 0 bridgehead atoms. The molecule has 5 N–H and O–H groups in total. The Bertz CT molecular complexity index is 2450. The van der Waals surface area contributed by atoms with E-state index in [9.17, 15) is 44.4 Å². The monoisotopic (exact) mass is 615 g/mol. The maximum absolute atomic E-state index is 13.8. The van der Waals surface area contributed by atoms with Gasteiger partial charge in [-0.3, -0.25) is 24.0 Å². The summed E-state index contributed by atoms with van der Waals surface area (Å²) >= 11 is 1.10. The predicted molar refractivity (Wildman–Crippen MR) is 166 cm³/mol. The summed E-state index contributed by atoms with van der Waals surface area (Å²) in [6, 6.07) is 4.05. The van der Waals surface area contributed by atoms with Gasteiger partial charge >= 0.3 is 0 Å². The lowest BCUT2D eigenvalue weighted by Crippen LogP contribution is -2.51. The molecular weight excluding hydrogens is 590 g/mol. The van der Waals surface area contributed by atoms with Crippen LogP contribution in [0, 0.1) is 10.4 Å². The quantitative estimate of drug-likeness (QED) is 0.181. The number of hydrogen-bond acceptors (Lipinski definition) is 11. The fourth-order valence-corrected chi connectivity index (χ4v) is 7.82. The maximum Gasteiger partial charge on any atom is 0.260 e. The number of allylic oxidation sites excluding steroid dienone is 3. The van der Waals surface area contributed by atoms with Gasteiger partial charge in [0.15, 0.2) is 11.2 Å². The van der Waals surface area contributed by atoms with Gasteiger partial charge in [-0.1, -0.05) is 24.3 Å². The Morgan fingerprint density at radius 2 is 1.64 bits per heavy atom. The van der Waals surface area contributed by atoms with Gasteiger partial charge in [-0.2, -0.15) is 11.8 Å². The average molecular weight is 616 g/mol. The Labute approximate surface area is 250 Å². The molecule has 0 radical (unpaired) electrons. The van der Waals surface area contributed by atoms with Crippen LogP contribution in [0.3, 0.4) is 0 Å². The third kappa shape index (κ3) is 3.70. The number of aromatic amines is 1. The van der Waals surface area contributed by atoms with Crippen LogP contribution in [0.2, 0.25) is 0 Å². The van der Waals surface area contributed by atoms with Crippen molar-refractivity contribution >= 4 is 40.1 Å². The summed E-state index contributed by atoms with van der Waals surface area (Å²) in [6.45, 7) is 1.54. The molecule has 224 valence electrons. The minimum Gasteiger partial charge on any atom is -0.510 e. The zero-order valence-electron chi connectivity index (χ0n) is 23.4. The summed E-state index contributed by atoms with van der Waals surface area (Å²) in [6.07, 6.45) is 7.04. The number of nitrogens with one attached hydrogen (secondary N) is 1. The zero-order chi connectivity index (χ0) is 31.7. The first kappa shape index (κ1) is 29.1. The van der Waals surface area contributed by atoms with Crippen molar-refractivity contribution in [1.82, 2.24) is 4.98 Å². The molecule has 6 rings (SSSR count). The molecule has 0 saturated carbocycles. The number of phenols is 1. The van der Waals surface area contributed by atoms with Crippen LogP contribution in [-0.4, -0.2) is 50.1 Å². The van der Waals surface area contributed by atoms with Crippen LogP contribution < -0.4 is 42.4 Å². The number of phenolic OH excluding ortho intramolecular Hbond substituents is 1. The van der Waals surface area contributed by atoms with Crippen molar-refractivity contribution < 1.29 is 25.2 Å². The topological polar surface area (TPSA) is 191 Å². The van der Waals surface area contributed by atoms with Crippen molar-refractivity contribution in [2.45, 2.75) is 24.0 Å². The lowest BCUT2D eigenvalue weighted by molar-refractivity contribution is 0.321. The predicted octanol–water partition coefficient (Wildman–Crippen LogP) is -0.193. The molecule has 0 fully saturated rings. The first-order valence-corrected chi connectivity index (χ1v) is 14.6. The van der Waals surface area contributed by atoms with E-state index in [1.165, 1.54) is 0 Å². The van der Waals surface area contributed by atoms with E-state index in [-0.39, 0.29) is 29.7 Å². The number of methoxy groups -OCH3 is 1. The summed E-state index contributed by atoms with van der Waals surface area (Å²) in [5.41, 5.74) is -6.33. The van der Waals surface area contributed by atoms with E-state index < -0.39 is 81.8 Å². The third-order valence-electron chi connectivity index (χ3n) is 8.29. The van der Waals surface area contributed by atoms with Gasteiger partial charge in [0.05, 0.1) is 40.0 Å². The largest absolute Gasteiger partial charge is 0.510 e. The Balaban J connectivity index is 1.79. The van der Waals surface area contributed by atoms with E-state index in [0.717, 1.165) is 24.9 Å². The smallest absolute Gasteiger partial charge is 0.260 e. The molecule has 1 spiro atoms. The van der Waals surface area contributed by atoms with Crippen LogP contribution in [-0.2, 0) is 11.8 Å². The van der Waals surface area contributed by atoms with Gasteiger partial charge in [-0.05, 0) is 36.4 Å². The number of aromatic nitrogens is 1. The molecule has 1 aromatic heterocycles.